The van der Waals surface area contributed by atoms with Gasteiger partial charge in [-0.1, -0.05) is 0 Å². The second-order valence-corrected chi connectivity index (χ2v) is 6.35. The predicted molar refractivity (Wildman–Crippen MR) is 86.5 cm³/mol. The Hall–Kier alpha value is -2.61. The van der Waals surface area contributed by atoms with Gasteiger partial charge in [-0.2, -0.15) is 0 Å². The van der Waals surface area contributed by atoms with Crippen molar-refractivity contribution in [1.82, 2.24) is 4.90 Å². The van der Waals surface area contributed by atoms with Crippen LogP contribution in [-0.4, -0.2) is 36.3 Å². The first kappa shape index (κ1) is 16.3. The van der Waals surface area contributed by atoms with Gasteiger partial charge in [0.2, 0.25) is 11.8 Å². The first-order valence-electron chi connectivity index (χ1n) is 7.34. The molecule has 1 aliphatic rings. The summed E-state index contributed by atoms with van der Waals surface area (Å²) in [6.45, 7) is 0.710. The topological polar surface area (TPSA) is 88.8 Å². The van der Waals surface area contributed by atoms with E-state index in [1.807, 2.05) is 0 Å². The van der Waals surface area contributed by atoms with Gasteiger partial charge in [0, 0.05) is 18.3 Å². The van der Waals surface area contributed by atoms with Crippen LogP contribution in [0.4, 0.5) is 5.00 Å². The Bertz CT molecular complexity index is 752. The lowest BCUT2D eigenvalue weighted by Gasteiger charge is -2.14. The van der Waals surface area contributed by atoms with Crippen molar-refractivity contribution in [3.63, 3.8) is 0 Å². The molecule has 1 aliphatic heterocycles. The molecule has 0 saturated carbocycles. The van der Waals surface area contributed by atoms with Crippen LogP contribution in [0.3, 0.4) is 0 Å². The van der Waals surface area contributed by atoms with Crippen molar-refractivity contribution in [1.29, 1.82) is 0 Å². The van der Waals surface area contributed by atoms with Crippen molar-refractivity contribution in [3.05, 3.63) is 41.2 Å². The zero-order valence-corrected chi connectivity index (χ0v) is 13.8. The molecule has 1 fully saturated rings. The summed E-state index contributed by atoms with van der Waals surface area (Å²) in [5, 5.41) is 4.92. The highest BCUT2D eigenvalue weighted by Gasteiger charge is 2.34. The van der Waals surface area contributed by atoms with Gasteiger partial charge in [-0.3, -0.25) is 9.59 Å². The highest BCUT2D eigenvalue weighted by Crippen LogP contribution is 2.25. The number of hydrogen-bond donors (Lipinski definition) is 1. The normalized spacial score (nSPS) is 17.1. The average molecular weight is 348 g/mol. The zero-order valence-electron chi connectivity index (χ0n) is 13.0. The quantitative estimate of drug-likeness (QED) is 0.836. The molecule has 0 bridgehead atoms. The molecule has 3 rings (SSSR count). The van der Waals surface area contributed by atoms with Crippen LogP contribution in [0.1, 0.15) is 22.5 Å². The fraction of sp³-hybridized carbons (Fsp3) is 0.312. The van der Waals surface area contributed by atoms with Gasteiger partial charge in [0.25, 0.3) is 0 Å². The molecule has 126 valence electrons. The largest absolute Gasteiger partial charge is 0.467 e. The molecular formula is C16H16N2O5S. The summed E-state index contributed by atoms with van der Waals surface area (Å²) in [6.07, 6.45) is 1.72. The molecule has 0 aromatic carbocycles. The van der Waals surface area contributed by atoms with E-state index >= 15 is 0 Å². The summed E-state index contributed by atoms with van der Waals surface area (Å²) in [5.74, 6) is -0.495. The van der Waals surface area contributed by atoms with E-state index in [1.54, 1.807) is 34.7 Å². The van der Waals surface area contributed by atoms with Crippen molar-refractivity contribution in [2.75, 3.05) is 19.0 Å². The number of amides is 2. The Morgan fingerprint density at radius 3 is 3.04 bits per heavy atom. The number of rotatable bonds is 5. The summed E-state index contributed by atoms with van der Waals surface area (Å²) in [7, 11) is 1.30. The highest BCUT2D eigenvalue weighted by atomic mass is 32.1. The smallest absolute Gasteiger partial charge is 0.338 e. The van der Waals surface area contributed by atoms with Crippen LogP contribution < -0.4 is 5.32 Å². The van der Waals surface area contributed by atoms with Gasteiger partial charge in [-0.05, 0) is 18.2 Å². The zero-order chi connectivity index (χ0) is 17.1. The van der Waals surface area contributed by atoms with Crippen LogP contribution in [0, 0.1) is 5.92 Å². The molecule has 0 spiro atoms. The van der Waals surface area contributed by atoms with Gasteiger partial charge in [0.1, 0.15) is 5.76 Å². The van der Waals surface area contributed by atoms with Crippen LogP contribution in [-0.2, 0) is 20.9 Å². The summed E-state index contributed by atoms with van der Waals surface area (Å²) in [4.78, 5) is 37.4. The molecule has 7 nitrogen and oxygen atoms in total. The average Bonchev–Trinajstić information content (AvgIpc) is 3.29. The van der Waals surface area contributed by atoms with Crippen molar-refractivity contribution >= 4 is 34.1 Å². The molecule has 3 heterocycles. The number of nitrogens with one attached hydrogen (secondary N) is 1. The molecule has 1 saturated heterocycles. The maximum absolute atomic E-state index is 12.3. The fourth-order valence-corrected chi connectivity index (χ4v) is 3.31. The van der Waals surface area contributed by atoms with Gasteiger partial charge >= 0.3 is 5.97 Å². The lowest BCUT2D eigenvalue weighted by molar-refractivity contribution is -0.128. The van der Waals surface area contributed by atoms with Crippen molar-refractivity contribution in [2.45, 2.75) is 13.0 Å². The van der Waals surface area contributed by atoms with Crippen LogP contribution in [0.25, 0.3) is 0 Å². The van der Waals surface area contributed by atoms with Gasteiger partial charge in [-0.15, -0.1) is 11.3 Å². The SMILES string of the molecule is COC(=O)c1csc(NC(=O)[C@H]2CC(=O)N(Cc3ccco3)C2)c1. The third-order valence-corrected chi connectivity index (χ3v) is 4.62. The van der Waals surface area contributed by atoms with Crippen LogP contribution in [0.5, 0.6) is 0 Å². The Morgan fingerprint density at radius 1 is 1.50 bits per heavy atom. The van der Waals surface area contributed by atoms with E-state index in [-0.39, 0.29) is 18.2 Å². The second-order valence-electron chi connectivity index (χ2n) is 5.44. The number of ether oxygens (including phenoxy) is 1. The van der Waals surface area contributed by atoms with Gasteiger partial charge < -0.3 is 19.4 Å². The molecule has 0 unspecified atom stereocenters. The predicted octanol–water partition coefficient (Wildman–Crippen LogP) is 2.11. The number of esters is 1. The number of likely N-dealkylation sites (tertiary alicyclic amines) is 1. The number of carbonyl (C=O) groups excluding carboxylic acids is 3. The number of furan rings is 1. The van der Waals surface area contributed by atoms with Crippen LogP contribution >= 0.6 is 11.3 Å². The molecule has 1 N–H and O–H groups in total. The van der Waals surface area contributed by atoms with Crippen molar-refractivity contribution < 1.29 is 23.5 Å². The van der Waals surface area contributed by atoms with E-state index in [0.717, 1.165) is 0 Å². The van der Waals surface area contributed by atoms with E-state index in [9.17, 15) is 14.4 Å². The minimum absolute atomic E-state index is 0.0759. The Balaban J connectivity index is 1.58. The third-order valence-electron chi connectivity index (χ3n) is 3.78. The van der Waals surface area contributed by atoms with E-state index in [0.29, 0.717) is 29.4 Å². The summed E-state index contributed by atoms with van der Waals surface area (Å²) in [5.41, 5.74) is 0.389. The third kappa shape index (κ3) is 3.48. The van der Waals surface area contributed by atoms with Crippen LogP contribution in [0.2, 0.25) is 0 Å². The highest BCUT2D eigenvalue weighted by molar-refractivity contribution is 7.14. The molecule has 2 aromatic heterocycles. The van der Waals surface area contributed by atoms with E-state index in [2.05, 4.69) is 10.1 Å². The number of anilines is 1. The first-order valence-corrected chi connectivity index (χ1v) is 8.22. The molecular weight excluding hydrogens is 332 g/mol. The molecule has 0 aliphatic carbocycles. The molecule has 2 aromatic rings. The van der Waals surface area contributed by atoms with E-state index in [1.165, 1.54) is 18.4 Å². The minimum atomic E-state index is -0.451. The first-order chi connectivity index (χ1) is 11.6. The van der Waals surface area contributed by atoms with E-state index in [4.69, 9.17) is 4.42 Å². The molecule has 8 heteroatoms. The molecule has 24 heavy (non-hydrogen) atoms. The minimum Gasteiger partial charge on any atom is -0.467 e. The van der Waals surface area contributed by atoms with Crippen molar-refractivity contribution in [2.24, 2.45) is 5.92 Å². The number of carbonyl (C=O) groups is 3. The number of nitrogens with zero attached hydrogens (tertiary/aromatic N) is 1. The number of hydrogen-bond acceptors (Lipinski definition) is 6. The fourth-order valence-electron chi connectivity index (χ4n) is 2.54. The number of thiophene rings is 1. The van der Waals surface area contributed by atoms with Gasteiger partial charge in [0.15, 0.2) is 0 Å². The van der Waals surface area contributed by atoms with Gasteiger partial charge in [-0.25, -0.2) is 4.79 Å². The summed E-state index contributed by atoms with van der Waals surface area (Å²) in [6, 6.07) is 5.11. The van der Waals surface area contributed by atoms with Crippen LogP contribution in [0.15, 0.2) is 34.3 Å². The molecule has 1 atom stereocenters. The Morgan fingerprint density at radius 2 is 2.33 bits per heavy atom. The van der Waals surface area contributed by atoms with E-state index < -0.39 is 11.9 Å². The maximum atomic E-state index is 12.3. The summed E-state index contributed by atoms with van der Waals surface area (Å²) >= 11 is 1.24. The standard InChI is InChI=1S/C16H16N2O5S/c1-22-16(21)11-5-13(24-9-11)17-15(20)10-6-14(19)18(7-10)8-12-3-2-4-23-12/h2-5,9-10H,6-8H2,1H3,(H,17,20)/t10-/m0/s1. The molecule has 2 amide bonds. The van der Waals surface area contributed by atoms with Gasteiger partial charge in [0.05, 0.1) is 36.4 Å². The van der Waals surface area contributed by atoms with Crippen molar-refractivity contribution in [3.8, 4) is 0 Å². The Labute approximate surface area is 142 Å². The monoisotopic (exact) mass is 348 g/mol. The Kier molecular flexibility index (Phi) is 4.66. The lowest BCUT2D eigenvalue weighted by Crippen LogP contribution is -2.27. The summed E-state index contributed by atoms with van der Waals surface area (Å²) < 4.78 is 9.86. The maximum Gasteiger partial charge on any atom is 0.338 e. The lowest BCUT2D eigenvalue weighted by atomic mass is 10.1. The molecule has 0 radical (unpaired) electrons. The number of methoxy groups -OCH3 is 1. The second kappa shape index (κ2) is 6.88.